The van der Waals surface area contributed by atoms with E-state index < -0.39 is 0 Å². The molecule has 0 aliphatic heterocycles. The summed E-state index contributed by atoms with van der Waals surface area (Å²) in [5, 5.41) is 0.672. The smallest absolute Gasteiger partial charge is 0.306 e. The van der Waals surface area contributed by atoms with Gasteiger partial charge in [-0.25, -0.2) is 4.98 Å². The predicted octanol–water partition coefficient (Wildman–Crippen LogP) is 7.24. The number of hydrogen-bond donors (Lipinski definition) is 0. The molecule has 0 radical (unpaired) electrons. The third-order valence-electron chi connectivity index (χ3n) is 5.38. The van der Waals surface area contributed by atoms with Crippen LogP contribution in [0.15, 0.2) is 72.8 Å². The molecule has 0 aliphatic rings. The Labute approximate surface area is 205 Å². The van der Waals surface area contributed by atoms with Gasteiger partial charge in [-0.2, -0.15) is 0 Å². The van der Waals surface area contributed by atoms with Crippen molar-refractivity contribution in [3.05, 3.63) is 77.8 Å². The van der Waals surface area contributed by atoms with Gasteiger partial charge < -0.3 is 9.47 Å². The second kappa shape index (κ2) is 11.2. The molecule has 4 aromatic rings. The van der Waals surface area contributed by atoms with Gasteiger partial charge in [0.05, 0.1) is 23.7 Å². The maximum atomic E-state index is 11.6. The van der Waals surface area contributed by atoms with Crippen LogP contribution < -0.4 is 4.74 Å². The summed E-state index contributed by atoms with van der Waals surface area (Å²) in [7, 11) is 0. The molecule has 3 aromatic carbocycles. The summed E-state index contributed by atoms with van der Waals surface area (Å²) in [4.78, 5) is 16.5. The second-order valence-electron chi connectivity index (χ2n) is 8.46. The topological polar surface area (TPSA) is 53.4 Å². The van der Waals surface area contributed by atoms with E-state index in [1.165, 1.54) is 0 Å². The lowest BCUT2D eigenvalue weighted by Crippen LogP contribution is -2.11. The first-order chi connectivity index (χ1) is 16.5. The fourth-order valence-corrected chi connectivity index (χ4v) is 4.05. The van der Waals surface area contributed by atoms with Crippen LogP contribution in [0.3, 0.4) is 0 Å². The largest absolute Gasteiger partial charge is 0.494 e. The third-order valence-corrected chi connectivity index (χ3v) is 5.62. The molecule has 176 valence electrons. The average Bonchev–Trinajstić information content (AvgIpc) is 3.20. The van der Waals surface area contributed by atoms with Crippen LogP contribution in [0.1, 0.15) is 39.5 Å². The molecular weight excluding hydrogens is 448 g/mol. The van der Waals surface area contributed by atoms with Crippen LogP contribution in [0, 0.1) is 0 Å². The quantitative estimate of drug-likeness (QED) is 0.179. The van der Waals surface area contributed by atoms with Crippen LogP contribution >= 0.6 is 11.6 Å². The Balaban J connectivity index is 1.50. The van der Waals surface area contributed by atoms with Crippen molar-refractivity contribution in [1.29, 1.82) is 0 Å². The number of nitrogens with zero attached hydrogens (tertiary/aromatic N) is 2. The van der Waals surface area contributed by atoms with Crippen molar-refractivity contribution in [2.75, 3.05) is 6.61 Å². The van der Waals surface area contributed by atoms with Gasteiger partial charge in [0.25, 0.3) is 0 Å². The maximum Gasteiger partial charge on any atom is 0.306 e. The summed E-state index contributed by atoms with van der Waals surface area (Å²) in [5.41, 5.74) is 3.82. The van der Waals surface area contributed by atoms with Crippen molar-refractivity contribution >= 4 is 28.6 Å². The molecule has 1 aromatic heterocycles. The molecule has 0 spiro atoms. The Morgan fingerprint density at radius 3 is 2.56 bits per heavy atom. The van der Waals surface area contributed by atoms with Crippen LogP contribution in [0.25, 0.3) is 28.1 Å². The first-order valence-corrected chi connectivity index (χ1v) is 12.1. The van der Waals surface area contributed by atoms with Crippen molar-refractivity contribution in [1.82, 2.24) is 9.55 Å². The van der Waals surface area contributed by atoms with E-state index in [1.54, 1.807) is 0 Å². The lowest BCUT2D eigenvalue weighted by atomic mass is 10.2. The van der Waals surface area contributed by atoms with Crippen LogP contribution in [0.2, 0.25) is 5.02 Å². The van der Waals surface area contributed by atoms with Crippen LogP contribution in [-0.4, -0.2) is 28.2 Å². The lowest BCUT2D eigenvalue weighted by molar-refractivity contribution is -0.147. The van der Waals surface area contributed by atoms with Gasteiger partial charge in [0.1, 0.15) is 11.6 Å². The molecule has 34 heavy (non-hydrogen) atoms. The van der Waals surface area contributed by atoms with Crippen molar-refractivity contribution in [3.8, 4) is 22.8 Å². The molecule has 0 saturated carbocycles. The Morgan fingerprint density at radius 1 is 0.971 bits per heavy atom. The number of para-hydroxylation sites is 1. The molecule has 0 amide bonds. The van der Waals surface area contributed by atoms with Gasteiger partial charge in [-0.05, 0) is 69.5 Å². The fourth-order valence-electron chi connectivity index (χ4n) is 3.86. The number of ether oxygens (including phenoxy) is 2. The van der Waals surface area contributed by atoms with E-state index in [2.05, 4.69) is 16.7 Å². The first-order valence-electron chi connectivity index (χ1n) is 11.7. The molecule has 0 fully saturated rings. The molecular formula is C28H29ClN2O3. The van der Waals surface area contributed by atoms with Crippen LogP contribution in [0.5, 0.6) is 5.75 Å². The minimum Gasteiger partial charge on any atom is -0.494 e. The number of halogens is 1. The maximum absolute atomic E-state index is 11.6. The first kappa shape index (κ1) is 23.8. The van der Waals surface area contributed by atoms with Crippen molar-refractivity contribution in [2.45, 2.75) is 45.6 Å². The van der Waals surface area contributed by atoms with Gasteiger partial charge in [-0.3, -0.25) is 9.36 Å². The molecule has 6 heteroatoms. The van der Waals surface area contributed by atoms with Crippen molar-refractivity contribution in [3.63, 3.8) is 0 Å². The van der Waals surface area contributed by atoms with Crippen molar-refractivity contribution in [2.24, 2.45) is 0 Å². The van der Waals surface area contributed by atoms with E-state index in [0.717, 1.165) is 53.1 Å². The summed E-state index contributed by atoms with van der Waals surface area (Å²) < 4.78 is 13.3. The molecule has 4 rings (SSSR count). The number of aromatic nitrogens is 2. The number of fused-ring (bicyclic) bond motifs is 1. The van der Waals surface area contributed by atoms with Crippen molar-refractivity contribution < 1.29 is 14.3 Å². The van der Waals surface area contributed by atoms with Gasteiger partial charge in [0, 0.05) is 28.8 Å². The molecule has 0 N–H and O–H groups in total. The molecule has 0 unspecified atom stereocenters. The van der Waals surface area contributed by atoms with Gasteiger partial charge in [0.15, 0.2) is 0 Å². The predicted molar refractivity (Wildman–Crippen MR) is 137 cm³/mol. The summed E-state index contributed by atoms with van der Waals surface area (Å²) in [5.74, 6) is 1.49. The zero-order valence-corrected chi connectivity index (χ0v) is 20.3. The highest BCUT2D eigenvalue weighted by molar-refractivity contribution is 6.30. The molecule has 1 heterocycles. The Kier molecular flexibility index (Phi) is 7.86. The third kappa shape index (κ3) is 5.97. The van der Waals surface area contributed by atoms with E-state index in [0.29, 0.717) is 18.1 Å². The van der Waals surface area contributed by atoms with Gasteiger partial charge in [-0.15, -0.1) is 0 Å². The van der Waals surface area contributed by atoms with Crippen LogP contribution in [-0.2, 0) is 9.53 Å². The molecule has 0 atom stereocenters. The molecule has 5 nitrogen and oxygen atoms in total. The average molecular weight is 477 g/mol. The van der Waals surface area contributed by atoms with E-state index in [1.807, 2.05) is 74.5 Å². The standard InChI is InChI=1S/C28H29ClN2O3/c1-20(2)34-27(32)14-7-4-8-17-33-24-15-16-25-26(19-24)31(23-12-5-3-6-13-23)28(30-25)21-10-9-11-22(29)18-21/h3,5-6,9-13,15-16,18-20H,4,7-8,14,17H2,1-2H3. The summed E-state index contributed by atoms with van der Waals surface area (Å²) in [6.45, 7) is 4.32. The van der Waals surface area contributed by atoms with E-state index in [-0.39, 0.29) is 12.1 Å². The fraction of sp³-hybridized carbons (Fsp3) is 0.286. The van der Waals surface area contributed by atoms with E-state index in [9.17, 15) is 4.79 Å². The Bertz CT molecular complexity index is 1250. The molecule has 0 saturated heterocycles. The summed E-state index contributed by atoms with van der Waals surface area (Å²) in [6, 6.07) is 23.9. The Morgan fingerprint density at radius 2 is 1.79 bits per heavy atom. The highest BCUT2D eigenvalue weighted by Gasteiger charge is 2.15. The highest BCUT2D eigenvalue weighted by atomic mass is 35.5. The summed E-state index contributed by atoms with van der Waals surface area (Å²) >= 11 is 6.27. The number of carbonyl (C=O) groups is 1. The highest BCUT2D eigenvalue weighted by Crippen LogP contribution is 2.31. The van der Waals surface area contributed by atoms with Gasteiger partial charge >= 0.3 is 5.97 Å². The van der Waals surface area contributed by atoms with Crippen LogP contribution in [0.4, 0.5) is 0 Å². The monoisotopic (exact) mass is 476 g/mol. The number of rotatable bonds is 10. The minimum atomic E-state index is -0.133. The minimum absolute atomic E-state index is 0.0607. The zero-order valence-electron chi connectivity index (χ0n) is 19.5. The lowest BCUT2D eigenvalue weighted by Gasteiger charge is -2.11. The number of esters is 1. The molecule has 0 bridgehead atoms. The number of hydrogen-bond acceptors (Lipinski definition) is 4. The number of carbonyl (C=O) groups excluding carboxylic acids is 1. The second-order valence-corrected chi connectivity index (χ2v) is 8.90. The number of unbranched alkanes of at least 4 members (excludes halogenated alkanes) is 2. The van der Waals surface area contributed by atoms with Gasteiger partial charge in [-0.1, -0.05) is 41.9 Å². The van der Waals surface area contributed by atoms with E-state index in [4.69, 9.17) is 26.1 Å². The summed E-state index contributed by atoms with van der Waals surface area (Å²) in [6.07, 6.45) is 2.98. The Hall–Kier alpha value is -3.31. The number of benzene rings is 3. The molecule has 0 aliphatic carbocycles. The van der Waals surface area contributed by atoms with E-state index >= 15 is 0 Å². The zero-order chi connectivity index (χ0) is 23.9. The normalized spacial score (nSPS) is 11.2. The number of imidazole rings is 1. The SMILES string of the molecule is CC(C)OC(=O)CCCCCOc1ccc2nc(-c3cccc(Cl)c3)n(-c3ccccc3)c2c1. The van der Waals surface area contributed by atoms with Gasteiger partial charge in [0.2, 0.25) is 0 Å².